The number of hydrogen-bond acceptors (Lipinski definition) is 4. The monoisotopic (exact) mass is 295 g/mol. The average Bonchev–Trinajstić information content (AvgIpc) is 2.61. The Morgan fingerprint density at radius 2 is 2.18 bits per heavy atom. The summed E-state index contributed by atoms with van der Waals surface area (Å²) in [6, 6.07) is 1.68. The summed E-state index contributed by atoms with van der Waals surface area (Å²) in [7, 11) is 0. The van der Waals surface area contributed by atoms with Crippen LogP contribution in [0.4, 0.5) is 5.88 Å². The minimum absolute atomic E-state index is 0.280. The number of rotatable bonds is 2. The lowest BCUT2D eigenvalue weighted by Gasteiger charge is -2.02. The third-order valence-corrected chi connectivity index (χ3v) is 2.78. The van der Waals surface area contributed by atoms with Crippen LogP contribution in [0.3, 0.4) is 0 Å². The van der Waals surface area contributed by atoms with E-state index in [0.29, 0.717) is 11.4 Å². The molecule has 88 valence electrons. The van der Waals surface area contributed by atoms with E-state index in [4.69, 9.17) is 4.52 Å². The molecule has 0 saturated carbocycles. The molecule has 1 N–H and O–H groups in total. The zero-order valence-corrected chi connectivity index (χ0v) is 10.9. The third-order valence-electron chi connectivity index (χ3n) is 2.35. The summed E-state index contributed by atoms with van der Waals surface area (Å²) in [5.41, 5.74) is 2.03. The second kappa shape index (κ2) is 4.67. The van der Waals surface area contributed by atoms with Gasteiger partial charge in [0, 0.05) is 22.4 Å². The first-order chi connectivity index (χ1) is 8.08. The third kappa shape index (κ3) is 2.52. The van der Waals surface area contributed by atoms with Gasteiger partial charge in [0.25, 0.3) is 5.91 Å². The Balaban J connectivity index is 2.20. The number of hydrogen-bond donors (Lipinski definition) is 1. The quantitative estimate of drug-likeness (QED) is 0.925. The summed E-state index contributed by atoms with van der Waals surface area (Å²) in [5, 5.41) is 6.41. The molecule has 2 rings (SSSR count). The molecule has 0 saturated heterocycles. The van der Waals surface area contributed by atoms with Crippen LogP contribution in [-0.2, 0) is 0 Å². The number of aromatic nitrogens is 2. The van der Waals surface area contributed by atoms with E-state index in [1.54, 1.807) is 12.3 Å². The summed E-state index contributed by atoms with van der Waals surface area (Å²) in [6.45, 7) is 3.65. The van der Waals surface area contributed by atoms with E-state index in [-0.39, 0.29) is 5.91 Å². The fourth-order valence-corrected chi connectivity index (χ4v) is 1.61. The molecule has 17 heavy (non-hydrogen) atoms. The van der Waals surface area contributed by atoms with E-state index >= 15 is 0 Å². The maximum atomic E-state index is 11.9. The lowest BCUT2D eigenvalue weighted by molar-refractivity contribution is 0.102. The highest BCUT2D eigenvalue weighted by Crippen LogP contribution is 2.18. The highest BCUT2D eigenvalue weighted by molar-refractivity contribution is 9.10. The van der Waals surface area contributed by atoms with Gasteiger partial charge < -0.3 is 4.52 Å². The summed E-state index contributed by atoms with van der Waals surface area (Å²) in [5.74, 6) is 0.0884. The van der Waals surface area contributed by atoms with Crippen LogP contribution in [0.15, 0.2) is 27.5 Å². The molecule has 2 aromatic rings. The largest absolute Gasteiger partial charge is 0.338 e. The standard InChI is InChI=1S/C11H10BrN3O2/c1-6-7(2)15-17-11(6)14-10(16)8-3-9(12)5-13-4-8/h3-5H,1-2H3,(H,14,16). The Morgan fingerprint density at radius 3 is 2.76 bits per heavy atom. The molecule has 0 atom stereocenters. The second-order valence-electron chi connectivity index (χ2n) is 3.57. The van der Waals surface area contributed by atoms with Crippen molar-refractivity contribution in [2.75, 3.05) is 5.32 Å². The van der Waals surface area contributed by atoms with Crippen molar-refractivity contribution in [2.45, 2.75) is 13.8 Å². The van der Waals surface area contributed by atoms with Crippen molar-refractivity contribution in [2.24, 2.45) is 0 Å². The molecule has 6 heteroatoms. The SMILES string of the molecule is Cc1noc(NC(=O)c2cncc(Br)c2)c1C. The van der Waals surface area contributed by atoms with E-state index in [1.807, 2.05) is 13.8 Å². The summed E-state index contributed by atoms with van der Waals surface area (Å²) in [6.07, 6.45) is 3.10. The van der Waals surface area contributed by atoms with Crippen molar-refractivity contribution in [3.63, 3.8) is 0 Å². The first-order valence-electron chi connectivity index (χ1n) is 4.92. The predicted octanol–water partition coefficient (Wildman–Crippen LogP) is 2.70. The summed E-state index contributed by atoms with van der Waals surface area (Å²) >= 11 is 3.26. The lowest BCUT2D eigenvalue weighted by Crippen LogP contribution is -2.12. The zero-order chi connectivity index (χ0) is 12.4. The average molecular weight is 296 g/mol. The molecule has 0 aromatic carbocycles. The minimum Gasteiger partial charge on any atom is -0.338 e. The molecule has 2 heterocycles. The highest BCUT2D eigenvalue weighted by Gasteiger charge is 2.13. The van der Waals surface area contributed by atoms with Crippen LogP contribution in [0.1, 0.15) is 21.6 Å². The van der Waals surface area contributed by atoms with Gasteiger partial charge in [-0.25, -0.2) is 0 Å². The zero-order valence-electron chi connectivity index (χ0n) is 9.32. The van der Waals surface area contributed by atoms with Gasteiger partial charge in [-0.05, 0) is 35.8 Å². The van der Waals surface area contributed by atoms with Crippen LogP contribution in [0.25, 0.3) is 0 Å². The molecule has 0 aliphatic carbocycles. The molecule has 0 radical (unpaired) electrons. The number of nitrogens with zero attached hydrogens (tertiary/aromatic N) is 2. The number of halogens is 1. The van der Waals surface area contributed by atoms with Crippen LogP contribution in [0.5, 0.6) is 0 Å². The van der Waals surface area contributed by atoms with Gasteiger partial charge in [0.15, 0.2) is 0 Å². The van der Waals surface area contributed by atoms with E-state index in [1.165, 1.54) is 6.20 Å². The van der Waals surface area contributed by atoms with Gasteiger partial charge in [-0.3, -0.25) is 15.1 Å². The van der Waals surface area contributed by atoms with Gasteiger partial charge in [-0.1, -0.05) is 5.16 Å². The number of amides is 1. The molecule has 0 unspecified atom stereocenters. The van der Waals surface area contributed by atoms with Crippen molar-refractivity contribution in [3.8, 4) is 0 Å². The van der Waals surface area contributed by atoms with E-state index in [9.17, 15) is 4.79 Å². The van der Waals surface area contributed by atoms with Crippen LogP contribution >= 0.6 is 15.9 Å². The van der Waals surface area contributed by atoms with Crippen molar-refractivity contribution in [1.29, 1.82) is 0 Å². The highest BCUT2D eigenvalue weighted by atomic mass is 79.9. The molecule has 1 amide bonds. The second-order valence-corrected chi connectivity index (χ2v) is 4.48. The first kappa shape index (κ1) is 11.8. The minimum atomic E-state index is -0.280. The smallest absolute Gasteiger partial charge is 0.259 e. The van der Waals surface area contributed by atoms with E-state index < -0.39 is 0 Å². The normalized spacial score (nSPS) is 10.3. The van der Waals surface area contributed by atoms with Crippen LogP contribution < -0.4 is 5.32 Å². The Bertz CT molecular complexity index is 566. The Morgan fingerprint density at radius 1 is 1.41 bits per heavy atom. The van der Waals surface area contributed by atoms with Gasteiger partial charge in [0.1, 0.15) is 0 Å². The van der Waals surface area contributed by atoms with Crippen LogP contribution in [-0.4, -0.2) is 16.0 Å². The number of nitrogens with one attached hydrogen (secondary N) is 1. The molecule has 0 bridgehead atoms. The van der Waals surface area contributed by atoms with Crippen molar-refractivity contribution in [1.82, 2.24) is 10.1 Å². The number of pyridine rings is 1. The molecular weight excluding hydrogens is 286 g/mol. The van der Waals surface area contributed by atoms with Crippen molar-refractivity contribution in [3.05, 3.63) is 39.8 Å². The van der Waals surface area contributed by atoms with Crippen molar-refractivity contribution < 1.29 is 9.32 Å². The van der Waals surface area contributed by atoms with Crippen LogP contribution in [0, 0.1) is 13.8 Å². The molecule has 5 nitrogen and oxygen atoms in total. The predicted molar refractivity (Wildman–Crippen MR) is 65.9 cm³/mol. The van der Waals surface area contributed by atoms with E-state index in [0.717, 1.165) is 15.7 Å². The Kier molecular flexibility index (Phi) is 3.23. The molecular formula is C11H10BrN3O2. The number of anilines is 1. The van der Waals surface area contributed by atoms with Crippen LogP contribution in [0.2, 0.25) is 0 Å². The Hall–Kier alpha value is -1.69. The molecule has 2 aromatic heterocycles. The first-order valence-corrected chi connectivity index (χ1v) is 5.72. The topological polar surface area (TPSA) is 68.0 Å². The molecule has 0 aliphatic heterocycles. The van der Waals surface area contributed by atoms with Gasteiger partial charge in [0.2, 0.25) is 5.88 Å². The van der Waals surface area contributed by atoms with Gasteiger partial charge in [0.05, 0.1) is 11.3 Å². The summed E-state index contributed by atoms with van der Waals surface area (Å²) < 4.78 is 5.75. The fourth-order valence-electron chi connectivity index (χ4n) is 1.24. The molecule has 0 aliphatic rings. The van der Waals surface area contributed by atoms with Crippen molar-refractivity contribution >= 4 is 27.7 Å². The van der Waals surface area contributed by atoms with Gasteiger partial charge >= 0.3 is 0 Å². The number of aryl methyl sites for hydroxylation is 1. The fraction of sp³-hybridized carbons (Fsp3) is 0.182. The van der Waals surface area contributed by atoms with E-state index in [2.05, 4.69) is 31.4 Å². The van der Waals surface area contributed by atoms with Gasteiger partial charge in [-0.15, -0.1) is 0 Å². The lowest BCUT2D eigenvalue weighted by atomic mass is 10.2. The summed E-state index contributed by atoms with van der Waals surface area (Å²) in [4.78, 5) is 15.8. The molecule has 0 fully saturated rings. The maximum absolute atomic E-state index is 11.9. The molecule has 0 spiro atoms. The number of carbonyl (C=O) groups is 1. The maximum Gasteiger partial charge on any atom is 0.259 e. The Labute approximate surface area is 106 Å². The van der Waals surface area contributed by atoms with Gasteiger partial charge in [-0.2, -0.15) is 0 Å². The number of carbonyl (C=O) groups excluding carboxylic acids is 1.